The van der Waals surface area contributed by atoms with E-state index in [-0.39, 0.29) is 0 Å². The molecule has 13 heavy (non-hydrogen) atoms. The number of rotatable bonds is 1. The van der Waals surface area contributed by atoms with Crippen molar-refractivity contribution in [2.24, 2.45) is 0 Å². The number of ether oxygens (including phenoxy) is 1. The Balaban J connectivity index is 2.30. The summed E-state index contributed by atoms with van der Waals surface area (Å²) in [5.41, 5.74) is 1.30. The zero-order valence-electron chi connectivity index (χ0n) is 6.95. The lowest BCUT2D eigenvalue weighted by atomic mass is 9.98. The second kappa shape index (κ2) is 3.01. The van der Waals surface area contributed by atoms with Crippen LogP contribution in [-0.4, -0.2) is 11.9 Å². The van der Waals surface area contributed by atoms with E-state index in [1.54, 1.807) is 0 Å². The first kappa shape index (κ1) is 7.98. The first-order chi connectivity index (χ1) is 6.27. The molecule has 0 aromatic rings. The fourth-order valence-electron chi connectivity index (χ4n) is 1.40. The fourth-order valence-corrected chi connectivity index (χ4v) is 1.40. The summed E-state index contributed by atoms with van der Waals surface area (Å²) < 4.78 is 4.39. The highest BCUT2D eigenvalue weighted by atomic mass is 16.6. The summed E-state index contributed by atoms with van der Waals surface area (Å²) in [4.78, 5) is 21.8. The molecular weight excluding hydrogens is 168 g/mol. The van der Waals surface area contributed by atoms with Gasteiger partial charge in [-0.1, -0.05) is 18.2 Å². The molecule has 2 rings (SSSR count). The highest BCUT2D eigenvalue weighted by Crippen LogP contribution is 2.24. The Kier molecular flexibility index (Phi) is 1.85. The monoisotopic (exact) mass is 176 g/mol. The molecule has 0 radical (unpaired) electrons. The van der Waals surface area contributed by atoms with Crippen LogP contribution in [0.15, 0.2) is 35.5 Å². The number of hydrogen-bond acceptors (Lipinski definition) is 3. The van der Waals surface area contributed by atoms with E-state index < -0.39 is 11.9 Å². The lowest BCUT2D eigenvalue weighted by Crippen LogP contribution is -2.04. The molecule has 1 aliphatic carbocycles. The maximum Gasteiger partial charge on any atom is 0.346 e. The van der Waals surface area contributed by atoms with Crippen LogP contribution >= 0.6 is 0 Å². The van der Waals surface area contributed by atoms with Gasteiger partial charge in [-0.3, -0.25) is 0 Å². The first-order valence-corrected chi connectivity index (χ1v) is 4.11. The molecule has 1 aliphatic heterocycles. The van der Waals surface area contributed by atoms with Gasteiger partial charge in [0.15, 0.2) is 0 Å². The van der Waals surface area contributed by atoms with E-state index in [1.807, 2.05) is 18.2 Å². The SMILES string of the molecule is O=C1C=C(C2=CC=CCC2)C(=O)O1. The van der Waals surface area contributed by atoms with Gasteiger partial charge in [-0.2, -0.15) is 0 Å². The molecule has 0 saturated carbocycles. The maximum atomic E-state index is 11.1. The number of esters is 2. The van der Waals surface area contributed by atoms with E-state index in [2.05, 4.69) is 4.74 Å². The molecule has 0 atom stereocenters. The molecule has 3 nitrogen and oxygen atoms in total. The molecule has 0 N–H and O–H groups in total. The smallest absolute Gasteiger partial charge is 0.346 e. The lowest BCUT2D eigenvalue weighted by molar-refractivity contribution is -0.150. The quantitative estimate of drug-likeness (QED) is 0.446. The highest BCUT2D eigenvalue weighted by molar-refractivity contribution is 6.11. The lowest BCUT2D eigenvalue weighted by Gasteiger charge is -2.06. The zero-order chi connectivity index (χ0) is 9.26. The van der Waals surface area contributed by atoms with Crippen LogP contribution in [-0.2, 0) is 14.3 Å². The third-order valence-electron chi connectivity index (χ3n) is 2.04. The topological polar surface area (TPSA) is 43.4 Å². The molecule has 0 spiro atoms. The minimum Gasteiger partial charge on any atom is -0.386 e. The number of carbonyl (C=O) groups excluding carboxylic acids is 2. The largest absolute Gasteiger partial charge is 0.386 e. The molecular formula is C10H8O3. The van der Waals surface area contributed by atoms with Crippen LogP contribution in [0.3, 0.4) is 0 Å². The van der Waals surface area contributed by atoms with Crippen molar-refractivity contribution in [1.82, 2.24) is 0 Å². The normalized spacial score (nSPS) is 21.2. The van der Waals surface area contributed by atoms with Gasteiger partial charge in [-0.05, 0) is 18.4 Å². The van der Waals surface area contributed by atoms with Crippen molar-refractivity contribution in [1.29, 1.82) is 0 Å². The third kappa shape index (κ3) is 1.45. The number of carbonyl (C=O) groups is 2. The van der Waals surface area contributed by atoms with Crippen LogP contribution in [0.25, 0.3) is 0 Å². The van der Waals surface area contributed by atoms with Crippen molar-refractivity contribution in [2.45, 2.75) is 12.8 Å². The average Bonchev–Trinajstić information content (AvgIpc) is 2.47. The van der Waals surface area contributed by atoms with Crippen molar-refractivity contribution in [3.63, 3.8) is 0 Å². The van der Waals surface area contributed by atoms with E-state index >= 15 is 0 Å². The standard InChI is InChI=1S/C10H8O3/c11-9-6-8(10(12)13-9)7-4-2-1-3-5-7/h1-2,4,6H,3,5H2. The van der Waals surface area contributed by atoms with E-state index in [1.165, 1.54) is 6.08 Å². The third-order valence-corrected chi connectivity index (χ3v) is 2.04. The van der Waals surface area contributed by atoms with Crippen LogP contribution in [0.5, 0.6) is 0 Å². The molecule has 0 aromatic heterocycles. The van der Waals surface area contributed by atoms with Crippen molar-refractivity contribution >= 4 is 11.9 Å². The molecule has 0 aromatic carbocycles. The Morgan fingerprint density at radius 2 is 2.15 bits per heavy atom. The predicted octanol–water partition coefficient (Wildman–Crippen LogP) is 1.27. The van der Waals surface area contributed by atoms with Gasteiger partial charge in [0, 0.05) is 6.08 Å². The van der Waals surface area contributed by atoms with Crippen LogP contribution in [0.4, 0.5) is 0 Å². The number of hydrogen-bond donors (Lipinski definition) is 0. The van der Waals surface area contributed by atoms with Crippen LogP contribution in [0.2, 0.25) is 0 Å². The van der Waals surface area contributed by atoms with Crippen LogP contribution in [0.1, 0.15) is 12.8 Å². The Morgan fingerprint density at radius 3 is 2.69 bits per heavy atom. The number of allylic oxidation sites excluding steroid dienone is 3. The van der Waals surface area contributed by atoms with E-state index in [0.717, 1.165) is 18.4 Å². The average molecular weight is 176 g/mol. The van der Waals surface area contributed by atoms with E-state index in [0.29, 0.717) is 5.57 Å². The van der Waals surface area contributed by atoms with Crippen LogP contribution < -0.4 is 0 Å². The molecule has 0 fully saturated rings. The molecule has 0 amide bonds. The van der Waals surface area contributed by atoms with Gasteiger partial charge in [0.25, 0.3) is 0 Å². The van der Waals surface area contributed by atoms with Crippen molar-refractivity contribution in [2.75, 3.05) is 0 Å². The van der Waals surface area contributed by atoms with E-state index in [9.17, 15) is 9.59 Å². The second-order valence-corrected chi connectivity index (χ2v) is 2.93. The fraction of sp³-hybridized carbons (Fsp3) is 0.200. The highest BCUT2D eigenvalue weighted by Gasteiger charge is 2.26. The Hall–Kier alpha value is -1.64. The summed E-state index contributed by atoms with van der Waals surface area (Å²) in [6, 6.07) is 0. The second-order valence-electron chi connectivity index (χ2n) is 2.93. The Bertz CT molecular complexity index is 358. The van der Waals surface area contributed by atoms with Crippen molar-refractivity contribution < 1.29 is 14.3 Å². The summed E-state index contributed by atoms with van der Waals surface area (Å²) in [5, 5.41) is 0. The molecule has 0 saturated heterocycles. The van der Waals surface area contributed by atoms with Gasteiger partial charge in [-0.15, -0.1) is 0 Å². The van der Waals surface area contributed by atoms with Gasteiger partial charge in [0.2, 0.25) is 0 Å². The zero-order valence-corrected chi connectivity index (χ0v) is 6.95. The molecule has 0 bridgehead atoms. The van der Waals surface area contributed by atoms with Crippen molar-refractivity contribution in [3.8, 4) is 0 Å². The summed E-state index contributed by atoms with van der Waals surface area (Å²) in [6.45, 7) is 0. The molecule has 3 heteroatoms. The summed E-state index contributed by atoms with van der Waals surface area (Å²) >= 11 is 0. The maximum absolute atomic E-state index is 11.1. The van der Waals surface area contributed by atoms with Gasteiger partial charge in [0.1, 0.15) is 0 Å². The molecule has 1 heterocycles. The summed E-state index contributed by atoms with van der Waals surface area (Å²) in [7, 11) is 0. The minimum atomic E-state index is -0.560. The summed E-state index contributed by atoms with van der Waals surface area (Å²) in [5.74, 6) is -1.08. The number of cyclic esters (lactones) is 2. The summed E-state index contributed by atoms with van der Waals surface area (Å²) in [6.07, 6.45) is 8.71. The van der Waals surface area contributed by atoms with E-state index in [4.69, 9.17) is 0 Å². The van der Waals surface area contributed by atoms with Crippen LogP contribution in [0, 0.1) is 0 Å². The Morgan fingerprint density at radius 1 is 1.31 bits per heavy atom. The van der Waals surface area contributed by atoms with Crippen molar-refractivity contribution in [3.05, 3.63) is 35.5 Å². The van der Waals surface area contributed by atoms with Gasteiger partial charge >= 0.3 is 11.9 Å². The molecule has 2 aliphatic rings. The van der Waals surface area contributed by atoms with Gasteiger partial charge in [0.05, 0.1) is 5.57 Å². The molecule has 0 unspecified atom stereocenters. The first-order valence-electron chi connectivity index (χ1n) is 4.11. The van der Waals surface area contributed by atoms with Gasteiger partial charge in [-0.25, -0.2) is 9.59 Å². The molecule has 66 valence electrons. The Labute approximate surface area is 75.4 Å². The van der Waals surface area contributed by atoms with Gasteiger partial charge < -0.3 is 4.74 Å². The predicted molar refractivity (Wildman–Crippen MR) is 45.6 cm³/mol. The minimum absolute atomic E-state index is 0.411.